The number of nitrogens with zero attached hydrogens (tertiary/aromatic N) is 4. The molecule has 1 saturated carbocycles. The lowest BCUT2D eigenvalue weighted by atomic mass is 9.99. The van der Waals surface area contributed by atoms with Crippen LogP contribution in [0.25, 0.3) is 11.6 Å². The first-order chi connectivity index (χ1) is 9.74. The predicted molar refractivity (Wildman–Crippen MR) is 70.9 cm³/mol. The second-order valence-corrected chi connectivity index (χ2v) is 5.16. The third-order valence-corrected chi connectivity index (χ3v) is 3.53. The second kappa shape index (κ2) is 5.48. The van der Waals surface area contributed by atoms with Crippen LogP contribution in [-0.2, 0) is 4.79 Å². The van der Waals surface area contributed by atoms with E-state index in [0.717, 1.165) is 31.2 Å². The van der Waals surface area contributed by atoms with Crippen molar-refractivity contribution in [2.45, 2.75) is 44.9 Å². The molecule has 0 spiro atoms. The van der Waals surface area contributed by atoms with E-state index >= 15 is 0 Å². The van der Waals surface area contributed by atoms with Gasteiger partial charge < -0.3 is 4.52 Å². The molecular formula is C14H16N4O2. The maximum absolute atomic E-state index is 12.0. The maximum atomic E-state index is 12.0. The van der Waals surface area contributed by atoms with E-state index in [9.17, 15) is 4.79 Å². The lowest BCUT2D eigenvalue weighted by molar-refractivity contribution is -0.120. The number of aromatic nitrogens is 4. The van der Waals surface area contributed by atoms with Crippen molar-refractivity contribution < 1.29 is 9.32 Å². The highest BCUT2D eigenvalue weighted by Gasteiger charge is 2.28. The molecule has 1 fully saturated rings. The highest BCUT2D eigenvalue weighted by molar-refractivity contribution is 5.84. The normalized spacial score (nSPS) is 19.9. The average molecular weight is 272 g/mol. The molecule has 6 nitrogen and oxygen atoms in total. The molecule has 1 aliphatic rings. The summed E-state index contributed by atoms with van der Waals surface area (Å²) in [6, 6.07) is 0. The zero-order valence-corrected chi connectivity index (χ0v) is 11.4. The van der Waals surface area contributed by atoms with E-state index in [1.807, 2.05) is 6.92 Å². The van der Waals surface area contributed by atoms with Crippen LogP contribution in [0.4, 0.5) is 0 Å². The molecule has 0 saturated heterocycles. The molecule has 2 aromatic heterocycles. The fourth-order valence-electron chi connectivity index (χ4n) is 2.40. The van der Waals surface area contributed by atoms with Gasteiger partial charge in [-0.05, 0) is 25.3 Å². The van der Waals surface area contributed by atoms with Crippen LogP contribution >= 0.6 is 0 Å². The van der Waals surface area contributed by atoms with Crippen LogP contribution in [0.5, 0.6) is 0 Å². The van der Waals surface area contributed by atoms with Gasteiger partial charge in [0.05, 0.1) is 5.92 Å². The van der Waals surface area contributed by atoms with E-state index in [4.69, 9.17) is 4.52 Å². The van der Waals surface area contributed by atoms with Crippen molar-refractivity contribution in [2.75, 3.05) is 0 Å². The molecule has 20 heavy (non-hydrogen) atoms. The van der Waals surface area contributed by atoms with Gasteiger partial charge in [0.2, 0.25) is 17.5 Å². The van der Waals surface area contributed by atoms with Crippen molar-refractivity contribution in [1.29, 1.82) is 0 Å². The Kier molecular flexibility index (Phi) is 3.54. The first-order valence-corrected chi connectivity index (χ1v) is 6.89. The van der Waals surface area contributed by atoms with E-state index in [0.29, 0.717) is 24.0 Å². The summed E-state index contributed by atoms with van der Waals surface area (Å²) < 4.78 is 5.25. The Labute approximate surface area is 116 Å². The van der Waals surface area contributed by atoms with Gasteiger partial charge in [-0.25, -0.2) is 9.97 Å². The summed E-state index contributed by atoms with van der Waals surface area (Å²) >= 11 is 0. The largest absolute Gasteiger partial charge is 0.338 e. The van der Waals surface area contributed by atoms with Crippen molar-refractivity contribution in [3.8, 4) is 11.6 Å². The van der Waals surface area contributed by atoms with E-state index in [2.05, 4.69) is 20.1 Å². The molecule has 6 heteroatoms. The molecular weight excluding hydrogens is 256 g/mol. The molecule has 0 amide bonds. The molecule has 104 valence electrons. The summed E-state index contributed by atoms with van der Waals surface area (Å²) in [7, 11) is 0. The Morgan fingerprint density at radius 2 is 1.95 bits per heavy atom. The third kappa shape index (κ3) is 2.59. The molecule has 2 aromatic rings. The summed E-state index contributed by atoms with van der Waals surface area (Å²) in [6.07, 6.45) is 7.86. The maximum Gasteiger partial charge on any atom is 0.240 e. The molecule has 0 N–H and O–H groups in total. The van der Waals surface area contributed by atoms with Gasteiger partial charge >= 0.3 is 0 Å². The van der Waals surface area contributed by atoms with Crippen molar-refractivity contribution in [3.63, 3.8) is 0 Å². The van der Waals surface area contributed by atoms with Crippen molar-refractivity contribution in [2.24, 2.45) is 0 Å². The summed E-state index contributed by atoms with van der Waals surface area (Å²) in [5, 5.41) is 3.89. The molecule has 0 aliphatic heterocycles. The molecule has 0 aromatic carbocycles. The minimum atomic E-state index is -0.260. The lowest BCUT2D eigenvalue weighted by Crippen LogP contribution is -2.10. The number of carbonyl (C=O) groups is 1. The molecule has 2 heterocycles. The molecule has 1 unspecified atom stereocenters. The summed E-state index contributed by atoms with van der Waals surface area (Å²) in [5.41, 5.74) is 0.969. The van der Waals surface area contributed by atoms with E-state index in [1.165, 1.54) is 0 Å². The monoisotopic (exact) mass is 272 g/mol. The van der Waals surface area contributed by atoms with Crippen molar-refractivity contribution >= 4 is 5.78 Å². The number of aryl methyl sites for hydroxylation is 1. The number of ketones is 1. The molecule has 3 rings (SSSR count). The quantitative estimate of drug-likeness (QED) is 0.781. The van der Waals surface area contributed by atoms with Crippen LogP contribution in [0.3, 0.4) is 0 Å². The predicted octanol–water partition coefficient (Wildman–Crippen LogP) is 2.45. The topological polar surface area (TPSA) is 81.8 Å². The van der Waals surface area contributed by atoms with Crippen molar-refractivity contribution in [3.05, 3.63) is 23.8 Å². The zero-order valence-electron chi connectivity index (χ0n) is 11.4. The Hall–Kier alpha value is -2.11. The number of Topliss-reactive ketones (excluding diaryl/α,β-unsaturated/α-hetero) is 1. The highest BCUT2D eigenvalue weighted by Crippen LogP contribution is 2.28. The fourth-order valence-corrected chi connectivity index (χ4v) is 2.40. The molecule has 0 bridgehead atoms. The van der Waals surface area contributed by atoms with E-state index in [-0.39, 0.29) is 11.7 Å². The van der Waals surface area contributed by atoms with Gasteiger partial charge in [-0.1, -0.05) is 18.0 Å². The average Bonchev–Trinajstić information content (AvgIpc) is 2.83. The Balaban J connectivity index is 1.85. The van der Waals surface area contributed by atoms with Gasteiger partial charge in [-0.2, -0.15) is 4.98 Å². The molecule has 0 radical (unpaired) electrons. The lowest BCUT2D eigenvalue weighted by Gasteiger charge is -2.06. The standard InChI is InChI=1S/C14H16N4O2/c1-9-7-15-12(16-8-9)13-17-14(20-18-13)10-5-3-2-4-6-11(10)19/h7-8,10H,2-6H2,1H3. The van der Waals surface area contributed by atoms with E-state index in [1.54, 1.807) is 12.4 Å². The Bertz CT molecular complexity index is 606. The Morgan fingerprint density at radius 1 is 1.15 bits per heavy atom. The van der Waals surface area contributed by atoms with Crippen LogP contribution in [0.15, 0.2) is 16.9 Å². The first-order valence-electron chi connectivity index (χ1n) is 6.89. The van der Waals surface area contributed by atoms with Gasteiger partial charge in [-0.3, -0.25) is 4.79 Å². The fraction of sp³-hybridized carbons (Fsp3) is 0.500. The smallest absolute Gasteiger partial charge is 0.240 e. The van der Waals surface area contributed by atoms with Gasteiger partial charge in [0.1, 0.15) is 5.78 Å². The zero-order chi connectivity index (χ0) is 13.9. The van der Waals surface area contributed by atoms with Crippen LogP contribution < -0.4 is 0 Å². The Morgan fingerprint density at radius 3 is 2.75 bits per heavy atom. The SMILES string of the molecule is Cc1cnc(-c2noc(C3CCCCCC3=O)n2)nc1. The van der Waals surface area contributed by atoms with Gasteiger partial charge in [0.15, 0.2) is 0 Å². The minimum Gasteiger partial charge on any atom is -0.338 e. The van der Waals surface area contributed by atoms with Crippen LogP contribution in [0.2, 0.25) is 0 Å². The first kappa shape index (κ1) is 12.9. The van der Waals surface area contributed by atoms with Crippen LogP contribution in [0.1, 0.15) is 49.5 Å². The van der Waals surface area contributed by atoms with E-state index < -0.39 is 0 Å². The second-order valence-electron chi connectivity index (χ2n) is 5.16. The summed E-state index contributed by atoms with van der Waals surface area (Å²) in [5.74, 6) is 1.10. The number of hydrogen-bond donors (Lipinski definition) is 0. The minimum absolute atomic E-state index is 0.197. The molecule has 1 atom stereocenters. The number of rotatable bonds is 2. The molecule has 1 aliphatic carbocycles. The van der Waals surface area contributed by atoms with Crippen LogP contribution in [0, 0.1) is 6.92 Å². The van der Waals surface area contributed by atoms with Gasteiger partial charge in [0.25, 0.3) is 0 Å². The van der Waals surface area contributed by atoms with Crippen molar-refractivity contribution in [1.82, 2.24) is 20.1 Å². The summed E-state index contributed by atoms with van der Waals surface area (Å²) in [6.45, 7) is 1.91. The van der Waals surface area contributed by atoms with Gasteiger partial charge in [0, 0.05) is 18.8 Å². The third-order valence-electron chi connectivity index (χ3n) is 3.53. The van der Waals surface area contributed by atoms with Gasteiger partial charge in [-0.15, -0.1) is 0 Å². The summed E-state index contributed by atoms with van der Waals surface area (Å²) in [4.78, 5) is 24.7. The number of carbonyl (C=O) groups excluding carboxylic acids is 1. The number of hydrogen-bond acceptors (Lipinski definition) is 6. The highest BCUT2D eigenvalue weighted by atomic mass is 16.5. The van der Waals surface area contributed by atoms with Crippen LogP contribution in [-0.4, -0.2) is 25.9 Å².